The number of hydrogen-bond acceptors (Lipinski definition) is 5. The highest BCUT2D eigenvalue weighted by molar-refractivity contribution is 7.89. The van der Waals surface area contributed by atoms with Gasteiger partial charge in [0, 0.05) is 18.7 Å². The van der Waals surface area contributed by atoms with E-state index in [1.54, 1.807) is 6.92 Å². The van der Waals surface area contributed by atoms with E-state index in [-0.39, 0.29) is 22.7 Å². The number of benzene rings is 1. The Balaban J connectivity index is 3.11. The second kappa shape index (κ2) is 6.93. The number of anilines is 1. The van der Waals surface area contributed by atoms with Crippen molar-refractivity contribution >= 4 is 21.7 Å². The summed E-state index contributed by atoms with van der Waals surface area (Å²) in [6.45, 7) is 1.82. The molecule has 0 amide bonds. The summed E-state index contributed by atoms with van der Waals surface area (Å²) < 4.78 is 31.3. The van der Waals surface area contributed by atoms with Gasteiger partial charge in [0.15, 0.2) is 0 Å². The summed E-state index contributed by atoms with van der Waals surface area (Å²) in [5, 5.41) is 0. The van der Waals surface area contributed by atoms with Gasteiger partial charge >= 0.3 is 5.97 Å². The Kier molecular flexibility index (Phi) is 5.55. The first-order valence-corrected chi connectivity index (χ1v) is 7.28. The molecule has 0 spiro atoms. The van der Waals surface area contributed by atoms with Crippen LogP contribution in [0.5, 0.6) is 0 Å². The number of carbonyl (C=O) groups is 1. The molecule has 1 aromatic rings. The van der Waals surface area contributed by atoms with Crippen LogP contribution >= 0.6 is 0 Å². The van der Waals surface area contributed by atoms with Crippen molar-refractivity contribution in [3.63, 3.8) is 0 Å². The third-order valence-electron chi connectivity index (χ3n) is 2.42. The van der Waals surface area contributed by atoms with Crippen molar-refractivity contribution in [3.8, 4) is 11.8 Å². The fourth-order valence-corrected chi connectivity index (χ4v) is 2.75. The second-order valence-corrected chi connectivity index (χ2v) is 5.56. The lowest BCUT2D eigenvalue weighted by Gasteiger charge is -2.10. The molecule has 20 heavy (non-hydrogen) atoms. The van der Waals surface area contributed by atoms with Gasteiger partial charge in [-0.2, -0.15) is 0 Å². The molecule has 0 atom stereocenters. The number of esters is 1. The molecule has 108 valence electrons. The maximum Gasteiger partial charge on any atom is 0.339 e. The van der Waals surface area contributed by atoms with Crippen molar-refractivity contribution in [1.82, 2.24) is 4.72 Å². The first-order chi connectivity index (χ1) is 9.42. The molecule has 0 heterocycles. The van der Waals surface area contributed by atoms with Gasteiger partial charge in [0.25, 0.3) is 0 Å². The largest absolute Gasteiger partial charge is 0.465 e. The van der Waals surface area contributed by atoms with Crippen molar-refractivity contribution in [3.05, 3.63) is 23.8 Å². The number of methoxy groups -OCH3 is 1. The third kappa shape index (κ3) is 3.98. The predicted molar refractivity (Wildman–Crippen MR) is 75.4 cm³/mol. The standard InChI is InChI=1S/C13H16N2O4S/c1-3-4-5-8-15-20(17,18)12-9-10(14)6-7-11(12)13(16)19-2/h6-7,9,15H,5,8,14H2,1-2H3. The molecule has 0 aromatic heterocycles. The zero-order valence-electron chi connectivity index (χ0n) is 11.3. The lowest BCUT2D eigenvalue weighted by molar-refractivity contribution is 0.0596. The topological polar surface area (TPSA) is 98.5 Å². The summed E-state index contributed by atoms with van der Waals surface area (Å²) in [4.78, 5) is 11.4. The summed E-state index contributed by atoms with van der Waals surface area (Å²) in [6.07, 6.45) is 0.381. The number of carbonyl (C=O) groups excluding carboxylic acids is 1. The average molecular weight is 296 g/mol. The lowest BCUT2D eigenvalue weighted by Crippen LogP contribution is -2.26. The van der Waals surface area contributed by atoms with Crippen LogP contribution in [-0.2, 0) is 14.8 Å². The SMILES string of the molecule is CC#CCCNS(=O)(=O)c1cc(N)ccc1C(=O)OC. The van der Waals surface area contributed by atoms with Gasteiger partial charge in [-0.3, -0.25) is 0 Å². The van der Waals surface area contributed by atoms with Crippen LogP contribution in [0.2, 0.25) is 0 Å². The predicted octanol–water partition coefficient (Wildman–Crippen LogP) is 0.747. The minimum atomic E-state index is -3.85. The minimum Gasteiger partial charge on any atom is -0.465 e. The van der Waals surface area contributed by atoms with E-state index in [4.69, 9.17) is 5.73 Å². The number of nitrogens with one attached hydrogen (secondary N) is 1. The van der Waals surface area contributed by atoms with E-state index in [0.717, 1.165) is 0 Å². The highest BCUT2D eigenvalue weighted by Gasteiger charge is 2.22. The first-order valence-electron chi connectivity index (χ1n) is 5.79. The molecule has 0 aliphatic heterocycles. The van der Waals surface area contributed by atoms with Crippen molar-refractivity contribution in [2.24, 2.45) is 0 Å². The molecule has 0 saturated heterocycles. The molecule has 7 heteroatoms. The van der Waals surface area contributed by atoms with Gasteiger partial charge in [0.1, 0.15) is 0 Å². The average Bonchev–Trinajstić information content (AvgIpc) is 2.42. The van der Waals surface area contributed by atoms with Crippen LogP contribution in [0.3, 0.4) is 0 Å². The molecular formula is C13H16N2O4S. The zero-order valence-corrected chi connectivity index (χ0v) is 12.1. The summed E-state index contributed by atoms with van der Waals surface area (Å²) in [5.74, 6) is 4.66. The molecular weight excluding hydrogens is 280 g/mol. The number of sulfonamides is 1. The Bertz CT molecular complexity index is 657. The number of ether oxygens (including phenoxy) is 1. The van der Waals surface area contributed by atoms with E-state index in [1.807, 2.05) is 0 Å². The van der Waals surface area contributed by atoms with E-state index in [9.17, 15) is 13.2 Å². The first kappa shape index (κ1) is 16.0. The van der Waals surface area contributed by atoms with Crippen LogP contribution in [0.15, 0.2) is 23.1 Å². The van der Waals surface area contributed by atoms with E-state index >= 15 is 0 Å². The molecule has 0 aliphatic rings. The smallest absolute Gasteiger partial charge is 0.339 e. The second-order valence-electron chi connectivity index (χ2n) is 3.82. The highest BCUT2D eigenvalue weighted by atomic mass is 32.2. The number of nitrogen functional groups attached to an aromatic ring is 1. The van der Waals surface area contributed by atoms with Crippen molar-refractivity contribution in [2.45, 2.75) is 18.2 Å². The molecule has 0 saturated carbocycles. The Morgan fingerprint density at radius 2 is 2.15 bits per heavy atom. The molecule has 0 unspecified atom stereocenters. The van der Waals surface area contributed by atoms with E-state index in [0.29, 0.717) is 6.42 Å². The maximum absolute atomic E-state index is 12.2. The van der Waals surface area contributed by atoms with Crippen LogP contribution < -0.4 is 10.5 Å². The Morgan fingerprint density at radius 1 is 1.45 bits per heavy atom. The number of rotatable bonds is 5. The van der Waals surface area contributed by atoms with Crippen molar-refractivity contribution < 1.29 is 17.9 Å². The highest BCUT2D eigenvalue weighted by Crippen LogP contribution is 2.19. The maximum atomic E-state index is 12.2. The zero-order chi connectivity index (χ0) is 15.2. The van der Waals surface area contributed by atoms with Gasteiger partial charge in [-0.25, -0.2) is 17.9 Å². The summed E-state index contributed by atoms with van der Waals surface area (Å²) in [5.41, 5.74) is 5.76. The van der Waals surface area contributed by atoms with Gasteiger partial charge in [0.05, 0.1) is 17.6 Å². The van der Waals surface area contributed by atoms with E-state index in [1.165, 1.54) is 25.3 Å². The van der Waals surface area contributed by atoms with Crippen LogP contribution in [0, 0.1) is 11.8 Å². The Morgan fingerprint density at radius 3 is 2.75 bits per heavy atom. The molecule has 1 rings (SSSR count). The van der Waals surface area contributed by atoms with E-state index < -0.39 is 16.0 Å². The number of hydrogen-bond donors (Lipinski definition) is 2. The van der Waals surface area contributed by atoms with Gasteiger partial charge in [-0.15, -0.1) is 11.8 Å². The van der Waals surface area contributed by atoms with Crippen LogP contribution in [0.4, 0.5) is 5.69 Å². The molecule has 0 aliphatic carbocycles. The fraction of sp³-hybridized carbons (Fsp3) is 0.308. The van der Waals surface area contributed by atoms with Crippen molar-refractivity contribution in [1.29, 1.82) is 0 Å². The summed E-state index contributed by atoms with van der Waals surface area (Å²) >= 11 is 0. The number of nitrogens with two attached hydrogens (primary N) is 1. The minimum absolute atomic E-state index is 0.0595. The molecule has 3 N–H and O–H groups in total. The van der Waals surface area contributed by atoms with Crippen LogP contribution in [0.25, 0.3) is 0 Å². The monoisotopic (exact) mass is 296 g/mol. The normalized spacial score (nSPS) is 10.5. The molecule has 1 aromatic carbocycles. The summed E-state index contributed by atoms with van der Waals surface area (Å²) in [6, 6.07) is 3.98. The summed E-state index contributed by atoms with van der Waals surface area (Å²) in [7, 11) is -2.67. The fourth-order valence-electron chi connectivity index (χ4n) is 1.49. The molecule has 0 fully saturated rings. The van der Waals surface area contributed by atoms with Gasteiger partial charge in [0.2, 0.25) is 10.0 Å². The molecule has 6 nitrogen and oxygen atoms in total. The van der Waals surface area contributed by atoms with Crippen molar-refractivity contribution in [2.75, 3.05) is 19.4 Å². The van der Waals surface area contributed by atoms with E-state index in [2.05, 4.69) is 21.3 Å². The Hall–Kier alpha value is -2.04. The molecule has 0 radical (unpaired) electrons. The van der Waals surface area contributed by atoms with Gasteiger partial charge in [-0.1, -0.05) is 0 Å². The Labute approximate surface area is 118 Å². The van der Waals surface area contributed by atoms with Gasteiger partial charge in [-0.05, 0) is 25.1 Å². The van der Waals surface area contributed by atoms with Crippen LogP contribution in [0.1, 0.15) is 23.7 Å². The lowest BCUT2D eigenvalue weighted by atomic mass is 10.2. The quantitative estimate of drug-likeness (QED) is 0.361. The van der Waals surface area contributed by atoms with Gasteiger partial charge < -0.3 is 10.5 Å². The third-order valence-corrected chi connectivity index (χ3v) is 3.92. The van der Waals surface area contributed by atoms with Crippen LogP contribution in [-0.4, -0.2) is 28.0 Å². The molecule has 0 bridgehead atoms.